The number of ether oxygens (including phenoxy) is 2. The van der Waals surface area contributed by atoms with Crippen LogP contribution in [0.3, 0.4) is 0 Å². The third-order valence-corrected chi connectivity index (χ3v) is 9.35. The number of likely N-dealkylation sites (tertiary alicyclic amines) is 1. The molecule has 0 radical (unpaired) electrons. The highest BCUT2D eigenvalue weighted by molar-refractivity contribution is 7.89. The van der Waals surface area contributed by atoms with E-state index in [-0.39, 0.29) is 36.0 Å². The summed E-state index contributed by atoms with van der Waals surface area (Å²) in [5, 5.41) is 5.78. The molecule has 0 bridgehead atoms. The third-order valence-electron chi connectivity index (χ3n) is 7.38. The van der Waals surface area contributed by atoms with Crippen LogP contribution in [0.1, 0.15) is 44.1 Å². The molecule has 2 saturated heterocycles. The maximum absolute atomic E-state index is 13.3. The normalized spacial score (nSPS) is 18.7. The fourth-order valence-electron chi connectivity index (χ4n) is 5.22. The predicted molar refractivity (Wildman–Crippen MR) is 154 cm³/mol. The standard InChI is InChI=1S/C29H40N4O6S/c1-22-18-23(9-14-27(22)31-28(34)19-32-15-5-3-6-16-32)30-29(35)21-39-20-24-8-4-7-17-33(24)40(36,37)26-12-10-25(38-2)11-13-26/h9-14,18,24H,3-8,15-17,19-21H2,1-2H3,(H,30,35)(H,31,34). The Morgan fingerprint density at radius 3 is 2.35 bits per heavy atom. The number of carbonyl (C=O) groups excluding carboxylic acids is 2. The molecule has 2 heterocycles. The van der Waals surface area contributed by atoms with Crippen LogP contribution in [0.25, 0.3) is 0 Å². The van der Waals surface area contributed by atoms with Crippen molar-refractivity contribution in [3.05, 3.63) is 48.0 Å². The zero-order valence-electron chi connectivity index (χ0n) is 23.4. The Labute approximate surface area is 237 Å². The number of methoxy groups -OCH3 is 1. The highest BCUT2D eigenvalue weighted by atomic mass is 32.2. The molecule has 0 aromatic heterocycles. The van der Waals surface area contributed by atoms with Gasteiger partial charge >= 0.3 is 0 Å². The van der Waals surface area contributed by atoms with E-state index in [4.69, 9.17) is 9.47 Å². The molecule has 0 aliphatic carbocycles. The van der Waals surface area contributed by atoms with Gasteiger partial charge in [0.15, 0.2) is 0 Å². The summed E-state index contributed by atoms with van der Waals surface area (Å²) in [6, 6.07) is 11.3. The molecule has 2 amide bonds. The minimum absolute atomic E-state index is 0.0408. The first kappa shape index (κ1) is 30.0. The van der Waals surface area contributed by atoms with Crippen LogP contribution in [0.4, 0.5) is 11.4 Å². The number of benzene rings is 2. The summed E-state index contributed by atoms with van der Waals surface area (Å²) in [6.07, 6.45) is 5.83. The maximum Gasteiger partial charge on any atom is 0.250 e. The molecule has 4 rings (SSSR count). The molecule has 218 valence electrons. The van der Waals surface area contributed by atoms with Crippen LogP contribution in [0.5, 0.6) is 5.75 Å². The molecule has 2 N–H and O–H groups in total. The van der Waals surface area contributed by atoms with Crippen LogP contribution >= 0.6 is 0 Å². The minimum atomic E-state index is -3.70. The van der Waals surface area contributed by atoms with E-state index in [1.807, 2.05) is 6.92 Å². The first-order valence-electron chi connectivity index (χ1n) is 13.9. The van der Waals surface area contributed by atoms with Gasteiger partial charge in [0.1, 0.15) is 12.4 Å². The number of hydrogen-bond donors (Lipinski definition) is 2. The van der Waals surface area contributed by atoms with E-state index in [1.54, 1.807) is 42.5 Å². The van der Waals surface area contributed by atoms with E-state index in [2.05, 4.69) is 15.5 Å². The van der Waals surface area contributed by atoms with Crippen molar-refractivity contribution in [3.8, 4) is 5.75 Å². The summed E-state index contributed by atoms with van der Waals surface area (Å²) >= 11 is 0. The van der Waals surface area contributed by atoms with Gasteiger partial charge in [-0.25, -0.2) is 8.42 Å². The zero-order chi connectivity index (χ0) is 28.5. The monoisotopic (exact) mass is 572 g/mol. The zero-order valence-corrected chi connectivity index (χ0v) is 24.2. The quantitative estimate of drug-likeness (QED) is 0.422. The highest BCUT2D eigenvalue weighted by Gasteiger charge is 2.33. The fourth-order valence-corrected chi connectivity index (χ4v) is 6.90. The highest BCUT2D eigenvalue weighted by Crippen LogP contribution is 2.27. The molecule has 1 unspecified atom stereocenters. The van der Waals surface area contributed by atoms with E-state index in [9.17, 15) is 18.0 Å². The van der Waals surface area contributed by atoms with Gasteiger partial charge in [-0.1, -0.05) is 12.8 Å². The molecule has 2 fully saturated rings. The number of piperidine rings is 2. The SMILES string of the molecule is COc1ccc(S(=O)(=O)N2CCCCC2COCC(=O)Nc2ccc(NC(=O)CN3CCCCC3)c(C)c2)cc1. The first-order valence-corrected chi connectivity index (χ1v) is 15.4. The minimum Gasteiger partial charge on any atom is -0.497 e. The average molecular weight is 573 g/mol. The van der Waals surface area contributed by atoms with Gasteiger partial charge in [0.2, 0.25) is 21.8 Å². The van der Waals surface area contributed by atoms with Crippen molar-refractivity contribution in [2.75, 3.05) is 57.1 Å². The Balaban J connectivity index is 1.26. The van der Waals surface area contributed by atoms with Gasteiger partial charge in [0, 0.05) is 24.0 Å². The Morgan fingerprint density at radius 2 is 1.65 bits per heavy atom. The van der Waals surface area contributed by atoms with Gasteiger partial charge in [0.25, 0.3) is 0 Å². The van der Waals surface area contributed by atoms with Gasteiger partial charge in [-0.05, 0) is 93.7 Å². The molecule has 11 heteroatoms. The smallest absolute Gasteiger partial charge is 0.250 e. The second kappa shape index (κ2) is 14.1. The number of rotatable bonds is 11. The number of sulfonamides is 1. The van der Waals surface area contributed by atoms with E-state index >= 15 is 0 Å². The molecule has 1 atom stereocenters. The third kappa shape index (κ3) is 8.03. The Bertz CT molecular complexity index is 1260. The number of nitrogens with zero attached hydrogens (tertiary/aromatic N) is 2. The van der Waals surface area contributed by atoms with Crippen molar-refractivity contribution in [3.63, 3.8) is 0 Å². The van der Waals surface area contributed by atoms with Crippen LogP contribution < -0.4 is 15.4 Å². The van der Waals surface area contributed by atoms with Crippen molar-refractivity contribution in [2.45, 2.75) is 56.4 Å². The lowest BCUT2D eigenvalue weighted by atomic mass is 10.1. The largest absolute Gasteiger partial charge is 0.497 e. The van der Waals surface area contributed by atoms with Gasteiger partial charge in [-0.2, -0.15) is 4.31 Å². The van der Waals surface area contributed by atoms with Crippen LogP contribution in [0.15, 0.2) is 47.4 Å². The number of aryl methyl sites for hydroxylation is 1. The van der Waals surface area contributed by atoms with Crippen molar-refractivity contribution in [1.82, 2.24) is 9.21 Å². The van der Waals surface area contributed by atoms with Gasteiger partial charge in [-0.3, -0.25) is 14.5 Å². The first-order chi connectivity index (χ1) is 19.3. The van der Waals surface area contributed by atoms with Crippen molar-refractivity contribution < 1.29 is 27.5 Å². The summed E-state index contributed by atoms with van der Waals surface area (Å²) in [5.41, 5.74) is 2.15. The van der Waals surface area contributed by atoms with E-state index in [1.165, 1.54) is 17.8 Å². The van der Waals surface area contributed by atoms with Crippen molar-refractivity contribution in [2.24, 2.45) is 0 Å². The van der Waals surface area contributed by atoms with Crippen LogP contribution in [-0.2, 0) is 24.3 Å². The molecule has 2 aliphatic rings. The lowest BCUT2D eigenvalue weighted by Gasteiger charge is -2.34. The van der Waals surface area contributed by atoms with Crippen LogP contribution in [0, 0.1) is 6.92 Å². The lowest BCUT2D eigenvalue weighted by molar-refractivity contribution is -0.121. The molecular formula is C29H40N4O6S. The van der Waals surface area contributed by atoms with E-state index in [0.717, 1.165) is 44.3 Å². The Hall–Kier alpha value is -2.99. The molecule has 2 aromatic rings. The number of carbonyl (C=O) groups is 2. The van der Waals surface area contributed by atoms with E-state index in [0.29, 0.717) is 36.6 Å². The molecule has 2 aliphatic heterocycles. The number of anilines is 2. The maximum atomic E-state index is 13.3. The van der Waals surface area contributed by atoms with Crippen LogP contribution in [-0.4, -0.2) is 82.0 Å². The Kier molecular flexibility index (Phi) is 10.5. The van der Waals surface area contributed by atoms with Gasteiger partial charge in [-0.15, -0.1) is 0 Å². The molecule has 0 spiro atoms. The van der Waals surface area contributed by atoms with Crippen LogP contribution in [0.2, 0.25) is 0 Å². The van der Waals surface area contributed by atoms with Gasteiger partial charge < -0.3 is 20.1 Å². The predicted octanol–water partition coefficient (Wildman–Crippen LogP) is 3.63. The molecule has 0 saturated carbocycles. The topological polar surface area (TPSA) is 117 Å². The Morgan fingerprint density at radius 1 is 0.925 bits per heavy atom. The van der Waals surface area contributed by atoms with Gasteiger partial charge in [0.05, 0.1) is 25.2 Å². The lowest BCUT2D eigenvalue weighted by Crippen LogP contribution is -2.46. The number of hydrogen-bond acceptors (Lipinski definition) is 7. The number of amides is 2. The number of nitrogens with one attached hydrogen (secondary N) is 2. The average Bonchev–Trinajstić information content (AvgIpc) is 2.95. The molecular weight excluding hydrogens is 532 g/mol. The summed E-state index contributed by atoms with van der Waals surface area (Å²) in [6.45, 7) is 4.52. The van der Waals surface area contributed by atoms with Crippen molar-refractivity contribution >= 4 is 33.2 Å². The van der Waals surface area contributed by atoms with E-state index < -0.39 is 10.0 Å². The second-order valence-corrected chi connectivity index (χ2v) is 12.3. The fraction of sp³-hybridized carbons (Fsp3) is 0.517. The summed E-state index contributed by atoms with van der Waals surface area (Å²) in [5.74, 6) is 0.216. The summed E-state index contributed by atoms with van der Waals surface area (Å²) in [4.78, 5) is 27.4. The summed E-state index contributed by atoms with van der Waals surface area (Å²) < 4.78 is 38.9. The molecule has 2 aromatic carbocycles. The molecule has 40 heavy (non-hydrogen) atoms. The second-order valence-electron chi connectivity index (χ2n) is 10.4. The summed E-state index contributed by atoms with van der Waals surface area (Å²) in [7, 11) is -2.16. The molecule has 10 nitrogen and oxygen atoms in total. The van der Waals surface area contributed by atoms with Crippen molar-refractivity contribution in [1.29, 1.82) is 0 Å².